The molecule has 2 aliphatic rings. The zero-order chi connectivity index (χ0) is 24.9. The summed E-state index contributed by atoms with van der Waals surface area (Å²) in [5.41, 5.74) is 13.1. The lowest BCUT2D eigenvalue weighted by molar-refractivity contribution is 0.306. The lowest BCUT2D eigenvalue weighted by atomic mass is 9.87. The Morgan fingerprint density at radius 3 is 2.34 bits per heavy atom. The second-order valence-corrected chi connectivity index (χ2v) is 10.4. The molecule has 186 valence electrons. The summed E-state index contributed by atoms with van der Waals surface area (Å²) in [5, 5.41) is 1.39. The van der Waals surface area contributed by atoms with Crippen LogP contribution >= 0.6 is 23.4 Å². The molecule has 3 aromatic rings. The van der Waals surface area contributed by atoms with Crippen LogP contribution in [0.2, 0.25) is 5.02 Å². The molecule has 6 nitrogen and oxygen atoms in total. The van der Waals surface area contributed by atoms with E-state index in [-0.39, 0.29) is 0 Å². The summed E-state index contributed by atoms with van der Waals surface area (Å²) in [6, 6.07) is 6.22. The van der Waals surface area contributed by atoms with Gasteiger partial charge < -0.3 is 16.4 Å². The van der Waals surface area contributed by atoms with Crippen LogP contribution in [0.25, 0.3) is 0 Å². The van der Waals surface area contributed by atoms with Crippen LogP contribution in [0, 0.1) is 23.5 Å². The minimum atomic E-state index is -0.411. The van der Waals surface area contributed by atoms with Crippen molar-refractivity contribution < 1.29 is 8.78 Å². The van der Waals surface area contributed by atoms with Gasteiger partial charge in [0.05, 0.1) is 16.9 Å². The number of hydrogen-bond acceptors (Lipinski definition) is 7. The SMILES string of the molecule is CC1CN(c2cnc(Sc3ccnc(C4CC4)c3Cl)c(N)n2)CCC1CN.Fc1ccc(F)cc1. The molecule has 2 aromatic heterocycles. The fourth-order valence-corrected chi connectivity index (χ4v) is 5.23. The normalized spacial score (nSPS) is 19.7. The quantitative estimate of drug-likeness (QED) is 0.459. The van der Waals surface area contributed by atoms with Crippen molar-refractivity contribution in [3.63, 3.8) is 0 Å². The largest absolute Gasteiger partial charge is 0.381 e. The summed E-state index contributed by atoms with van der Waals surface area (Å²) >= 11 is 8.01. The third kappa shape index (κ3) is 6.59. The highest BCUT2D eigenvalue weighted by molar-refractivity contribution is 7.99. The molecule has 35 heavy (non-hydrogen) atoms. The Balaban J connectivity index is 0.000000308. The van der Waals surface area contributed by atoms with Gasteiger partial charge in [0.1, 0.15) is 22.5 Å². The number of anilines is 2. The molecule has 1 saturated heterocycles. The van der Waals surface area contributed by atoms with Crippen molar-refractivity contribution in [3.05, 3.63) is 65.1 Å². The Kier molecular flexibility index (Phi) is 8.41. The van der Waals surface area contributed by atoms with Gasteiger partial charge in [-0.3, -0.25) is 4.98 Å². The van der Waals surface area contributed by atoms with E-state index >= 15 is 0 Å². The van der Waals surface area contributed by atoms with Gasteiger partial charge in [0, 0.05) is 30.1 Å². The number of nitrogens with zero attached hydrogens (tertiary/aromatic N) is 4. The van der Waals surface area contributed by atoms with Crippen molar-refractivity contribution in [2.24, 2.45) is 17.6 Å². The molecule has 1 aromatic carbocycles. The lowest BCUT2D eigenvalue weighted by Crippen LogP contribution is -2.42. The monoisotopic (exact) mass is 518 g/mol. The van der Waals surface area contributed by atoms with Gasteiger partial charge in [-0.05, 0) is 68.0 Å². The Hall–Kier alpha value is -2.49. The average Bonchev–Trinajstić information content (AvgIpc) is 3.69. The number of nitrogens with two attached hydrogens (primary N) is 2. The van der Waals surface area contributed by atoms with E-state index < -0.39 is 11.6 Å². The van der Waals surface area contributed by atoms with Crippen LogP contribution in [-0.4, -0.2) is 34.6 Å². The van der Waals surface area contributed by atoms with Crippen LogP contribution in [0.5, 0.6) is 0 Å². The molecule has 1 aliphatic heterocycles. The average molecular weight is 519 g/mol. The number of hydrogen-bond donors (Lipinski definition) is 2. The maximum Gasteiger partial charge on any atom is 0.158 e. The number of aromatic nitrogens is 3. The minimum Gasteiger partial charge on any atom is -0.381 e. The zero-order valence-electron chi connectivity index (χ0n) is 19.5. The molecular weight excluding hydrogens is 490 g/mol. The molecule has 2 atom stereocenters. The third-order valence-electron chi connectivity index (χ3n) is 6.32. The van der Waals surface area contributed by atoms with Crippen molar-refractivity contribution in [2.45, 2.75) is 42.0 Å². The molecule has 1 saturated carbocycles. The van der Waals surface area contributed by atoms with E-state index in [1.165, 1.54) is 11.8 Å². The summed E-state index contributed by atoms with van der Waals surface area (Å²) in [5.74, 6) is 2.07. The third-order valence-corrected chi connectivity index (χ3v) is 7.89. The molecule has 0 radical (unpaired) electrons. The van der Waals surface area contributed by atoms with E-state index in [2.05, 4.69) is 26.8 Å². The highest BCUT2D eigenvalue weighted by Gasteiger charge is 2.29. The second kappa shape index (κ2) is 11.5. The van der Waals surface area contributed by atoms with Gasteiger partial charge in [-0.15, -0.1) is 0 Å². The van der Waals surface area contributed by atoms with Crippen LogP contribution < -0.4 is 16.4 Å². The van der Waals surface area contributed by atoms with Crippen molar-refractivity contribution in [1.82, 2.24) is 15.0 Å². The first-order valence-corrected chi connectivity index (χ1v) is 12.9. The molecule has 0 bridgehead atoms. The predicted molar refractivity (Wildman–Crippen MR) is 137 cm³/mol. The summed E-state index contributed by atoms with van der Waals surface area (Å²) < 4.78 is 23.8. The summed E-state index contributed by atoms with van der Waals surface area (Å²) in [7, 11) is 0. The predicted octanol–water partition coefficient (Wildman–Crippen LogP) is 5.52. The summed E-state index contributed by atoms with van der Waals surface area (Å²) in [4.78, 5) is 16.8. The Morgan fingerprint density at radius 2 is 1.77 bits per heavy atom. The van der Waals surface area contributed by atoms with E-state index in [1.807, 2.05) is 18.5 Å². The van der Waals surface area contributed by atoms with E-state index in [1.54, 1.807) is 0 Å². The summed E-state index contributed by atoms with van der Waals surface area (Å²) in [6.07, 6.45) is 7.02. The maximum atomic E-state index is 11.9. The molecule has 1 aliphatic carbocycles. The van der Waals surface area contributed by atoms with Gasteiger partial charge in [-0.25, -0.2) is 18.7 Å². The second-order valence-electron chi connectivity index (χ2n) is 8.95. The topological polar surface area (TPSA) is 94.0 Å². The molecule has 2 unspecified atom stereocenters. The van der Waals surface area contributed by atoms with Gasteiger partial charge in [-0.2, -0.15) is 0 Å². The molecule has 5 rings (SSSR count). The Labute approximate surface area is 213 Å². The van der Waals surface area contributed by atoms with Crippen LogP contribution in [0.3, 0.4) is 0 Å². The Morgan fingerprint density at radius 1 is 1.09 bits per heavy atom. The molecule has 4 N–H and O–H groups in total. The molecule has 10 heteroatoms. The molecule has 3 heterocycles. The van der Waals surface area contributed by atoms with Crippen LogP contribution in [0.15, 0.2) is 52.6 Å². The summed E-state index contributed by atoms with van der Waals surface area (Å²) in [6.45, 7) is 4.86. The standard InChI is InChI=1S/C19H25ClN6S.C6H4F2/c1-11-10-26(7-5-13(11)8-21)15-9-24-19(18(22)25-15)27-14-4-6-23-17(16(14)20)12-2-3-12;7-5-1-2-6(8)4-3-5/h4,6,9,11-13H,2-3,5,7-8,10,21H2,1H3,(H2,22,25);1-4H. The number of halogens is 3. The van der Waals surface area contributed by atoms with Crippen molar-refractivity contribution in [3.8, 4) is 0 Å². The van der Waals surface area contributed by atoms with Crippen LogP contribution in [-0.2, 0) is 0 Å². The lowest BCUT2D eigenvalue weighted by Gasteiger charge is -2.37. The molecule has 0 spiro atoms. The fourth-order valence-electron chi connectivity index (χ4n) is 4.06. The maximum absolute atomic E-state index is 11.9. The van der Waals surface area contributed by atoms with Gasteiger partial charge in [0.15, 0.2) is 5.82 Å². The molecule has 2 fully saturated rings. The first-order chi connectivity index (χ1) is 16.9. The first-order valence-electron chi connectivity index (χ1n) is 11.7. The fraction of sp³-hybridized carbons (Fsp3) is 0.400. The van der Waals surface area contributed by atoms with E-state index in [4.69, 9.17) is 23.1 Å². The highest BCUT2D eigenvalue weighted by Crippen LogP contribution is 2.45. The Bertz CT molecular complexity index is 1120. The zero-order valence-corrected chi connectivity index (χ0v) is 21.1. The van der Waals surface area contributed by atoms with Crippen molar-refractivity contribution >= 4 is 35.0 Å². The first kappa shape index (κ1) is 25.6. The van der Waals surface area contributed by atoms with Crippen LogP contribution in [0.4, 0.5) is 20.4 Å². The van der Waals surface area contributed by atoms with Crippen molar-refractivity contribution in [2.75, 3.05) is 30.3 Å². The number of rotatable bonds is 5. The van der Waals surface area contributed by atoms with E-state index in [9.17, 15) is 8.78 Å². The number of piperidine rings is 1. The van der Waals surface area contributed by atoms with Crippen molar-refractivity contribution in [1.29, 1.82) is 0 Å². The van der Waals surface area contributed by atoms with Crippen LogP contribution in [0.1, 0.15) is 37.8 Å². The van der Waals surface area contributed by atoms with Gasteiger partial charge in [0.2, 0.25) is 0 Å². The smallest absolute Gasteiger partial charge is 0.158 e. The van der Waals surface area contributed by atoms with Gasteiger partial charge >= 0.3 is 0 Å². The minimum absolute atomic E-state index is 0.411. The van der Waals surface area contributed by atoms with E-state index in [0.717, 1.165) is 79.6 Å². The number of benzene rings is 1. The molecule has 0 amide bonds. The van der Waals surface area contributed by atoms with E-state index in [0.29, 0.717) is 33.6 Å². The molecular formula is C25H29ClF2N6S. The van der Waals surface area contributed by atoms with Gasteiger partial charge in [0.25, 0.3) is 0 Å². The van der Waals surface area contributed by atoms with Gasteiger partial charge in [-0.1, -0.05) is 30.3 Å². The number of pyridine rings is 1. The highest BCUT2D eigenvalue weighted by atomic mass is 35.5. The number of nitrogen functional groups attached to an aromatic ring is 1.